The number of nitrogens with one attached hydrogen (secondary N) is 1. The second kappa shape index (κ2) is 3.14. The fourth-order valence-corrected chi connectivity index (χ4v) is 1.30. The SMILES string of the molecule is O=c1[nH]nc(-c2ncccc2Br)o1. The van der Waals surface area contributed by atoms with Crippen molar-refractivity contribution in [3.8, 4) is 11.6 Å². The minimum Gasteiger partial charge on any atom is -0.386 e. The van der Waals surface area contributed by atoms with Crippen LogP contribution in [-0.4, -0.2) is 15.2 Å². The summed E-state index contributed by atoms with van der Waals surface area (Å²) in [5.74, 6) is -0.412. The number of hydrogen-bond donors (Lipinski definition) is 1. The van der Waals surface area contributed by atoms with Gasteiger partial charge in [-0.15, -0.1) is 5.10 Å². The molecule has 0 fully saturated rings. The number of hydrogen-bond acceptors (Lipinski definition) is 4. The molecule has 1 N–H and O–H groups in total. The van der Waals surface area contributed by atoms with Gasteiger partial charge in [0.1, 0.15) is 5.69 Å². The summed E-state index contributed by atoms with van der Waals surface area (Å²) in [6, 6.07) is 3.55. The van der Waals surface area contributed by atoms with Gasteiger partial charge < -0.3 is 4.42 Å². The van der Waals surface area contributed by atoms with Crippen molar-refractivity contribution in [1.29, 1.82) is 0 Å². The van der Waals surface area contributed by atoms with E-state index >= 15 is 0 Å². The Labute approximate surface area is 80.9 Å². The number of nitrogens with zero attached hydrogens (tertiary/aromatic N) is 2. The van der Waals surface area contributed by atoms with Crippen LogP contribution >= 0.6 is 15.9 Å². The van der Waals surface area contributed by atoms with E-state index in [-0.39, 0.29) is 5.89 Å². The molecule has 0 atom stereocenters. The van der Waals surface area contributed by atoms with Gasteiger partial charge in [-0.25, -0.2) is 14.9 Å². The van der Waals surface area contributed by atoms with E-state index in [0.29, 0.717) is 5.69 Å². The molecule has 0 radical (unpaired) electrons. The summed E-state index contributed by atoms with van der Waals surface area (Å²) in [5, 5.41) is 5.81. The molecule has 0 aliphatic heterocycles. The van der Waals surface area contributed by atoms with Gasteiger partial charge in [-0.3, -0.25) is 0 Å². The zero-order valence-corrected chi connectivity index (χ0v) is 7.91. The standard InChI is InChI=1S/C7H4BrN3O2/c8-4-2-1-3-9-5(4)6-10-11-7(12)13-6/h1-3H,(H,11,12). The van der Waals surface area contributed by atoms with Crippen molar-refractivity contribution in [3.63, 3.8) is 0 Å². The van der Waals surface area contributed by atoms with E-state index in [1.807, 2.05) is 0 Å². The first-order chi connectivity index (χ1) is 6.27. The van der Waals surface area contributed by atoms with Crippen molar-refractivity contribution >= 4 is 15.9 Å². The molecule has 66 valence electrons. The third-order valence-corrected chi connectivity index (χ3v) is 2.04. The number of rotatable bonds is 1. The normalized spacial score (nSPS) is 10.2. The molecule has 0 saturated heterocycles. The number of halogens is 1. The average molecular weight is 242 g/mol. The van der Waals surface area contributed by atoms with Crippen LogP contribution in [0.25, 0.3) is 11.6 Å². The first-order valence-corrected chi connectivity index (χ1v) is 4.23. The third-order valence-electron chi connectivity index (χ3n) is 1.40. The quantitative estimate of drug-likeness (QED) is 0.815. The molecule has 2 rings (SSSR count). The van der Waals surface area contributed by atoms with Gasteiger partial charge in [0.15, 0.2) is 0 Å². The molecule has 0 bridgehead atoms. The van der Waals surface area contributed by atoms with Crippen molar-refractivity contribution in [1.82, 2.24) is 15.2 Å². The Balaban J connectivity index is 2.58. The lowest BCUT2D eigenvalue weighted by molar-refractivity contribution is 0.525. The molecule has 2 heterocycles. The predicted molar refractivity (Wildman–Crippen MR) is 48.1 cm³/mol. The van der Waals surface area contributed by atoms with Crippen LogP contribution in [0, 0.1) is 0 Å². The number of aromatic amines is 1. The maximum Gasteiger partial charge on any atom is 0.434 e. The zero-order valence-electron chi connectivity index (χ0n) is 6.32. The second-order valence-electron chi connectivity index (χ2n) is 2.25. The van der Waals surface area contributed by atoms with E-state index in [1.165, 1.54) is 0 Å². The number of H-pyrrole nitrogens is 1. The molecule has 13 heavy (non-hydrogen) atoms. The first kappa shape index (κ1) is 8.18. The molecular formula is C7H4BrN3O2. The van der Waals surface area contributed by atoms with Crippen LogP contribution < -0.4 is 5.76 Å². The summed E-state index contributed by atoms with van der Waals surface area (Å²) in [6.07, 6.45) is 1.59. The second-order valence-corrected chi connectivity index (χ2v) is 3.11. The van der Waals surface area contributed by atoms with Gasteiger partial charge in [0.25, 0.3) is 5.89 Å². The van der Waals surface area contributed by atoms with Gasteiger partial charge in [-0.2, -0.15) is 0 Å². The van der Waals surface area contributed by atoms with E-state index in [2.05, 4.69) is 31.1 Å². The van der Waals surface area contributed by atoms with Crippen molar-refractivity contribution in [3.05, 3.63) is 33.4 Å². The summed E-state index contributed by atoms with van der Waals surface area (Å²) in [5.41, 5.74) is 0.501. The summed E-state index contributed by atoms with van der Waals surface area (Å²) < 4.78 is 5.46. The van der Waals surface area contributed by atoms with Crippen molar-refractivity contribution in [2.75, 3.05) is 0 Å². The van der Waals surface area contributed by atoms with E-state index in [1.54, 1.807) is 18.3 Å². The van der Waals surface area contributed by atoms with E-state index < -0.39 is 5.76 Å². The molecule has 2 aromatic rings. The van der Waals surface area contributed by atoms with Gasteiger partial charge in [0.05, 0.1) is 0 Å². The van der Waals surface area contributed by atoms with Crippen LogP contribution in [0.5, 0.6) is 0 Å². The molecule has 0 aliphatic carbocycles. The number of aromatic nitrogens is 3. The summed E-state index contributed by atoms with van der Waals surface area (Å²) in [4.78, 5) is 14.6. The Bertz CT molecular complexity index is 476. The highest BCUT2D eigenvalue weighted by Crippen LogP contribution is 2.22. The van der Waals surface area contributed by atoms with Crippen LogP contribution in [0.2, 0.25) is 0 Å². The largest absolute Gasteiger partial charge is 0.434 e. The Morgan fingerprint density at radius 3 is 3.00 bits per heavy atom. The van der Waals surface area contributed by atoms with Gasteiger partial charge in [0, 0.05) is 10.7 Å². The number of pyridine rings is 1. The molecule has 5 nitrogen and oxygen atoms in total. The molecule has 0 aromatic carbocycles. The maximum atomic E-state index is 10.6. The topological polar surface area (TPSA) is 71.8 Å². The molecule has 0 spiro atoms. The minimum absolute atomic E-state index is 0.178. The maximum absolute atomic E-state index is 10.6. The lowest BCUT2D eigenvalue weighted by atomic mass is 10.3. The summed E-state index contributed by atoms with van der Waals surface area (Å²) >= 11 is 3.26. The van der Waals surface area contributed by atoms with E-state index in [4.69, 9.17) is 4.42 Å². The van der Waals surface area contributed by atoms with Gasteiger partial charge in [0.2, 0.25) is 0 Å². The van der Waals surface area contributed by atoms with E-state index in [9.17, 15) is 4.79 Å². The van der Waals surface area contributed by atoms with Crippen LogP contribution in [0.15, 0.2) is 32.0 Å². The molecule has 0 unspecified atom stereocenters. The van der Waals surface area contributed by atoms with Crippen molar-refractivity contribution in [2.24, 2.45) is 0 Å². The van der Waals surface area contributed by atoms with Crippen molar-refractivity contribution < 1.29 is 4.42 Å². The fraction of sp³-hybridized carbons (Fsp3) is 0. The van der Waals surface area contributed by atoms with Gasteiger partial charge >= 0.3 is 5.76 Å². The minimum atomic E-state index is -0.590. The van der Waals surface area contributed by atoms with Crippen LogP contribution in [0.3, 0.4) is 0 Å². The lowest BCUT2D eigenvalue weighted by Gasteiger charge is -1.94. The fourth-order valence-electron chi connectivity index (χ4n) is 0.874. The van der Waals surface area contributed by atoms with Crippen molar-refractivity contribution in [2.45, 2.75) is 0 Å². The Morgan fingerprint density at radius 1 is 1.54 bits per heavy atom. The monoisotopic (exact) mass is 241 g/mol. The zero-order chi connectivity index (χ0) is 9.26. The summed E-state index contributed by atoms with van der Waals surface area (Å²) in [6.45, 7) is 0. The summed E-state index contributed by atoms with van der Waals surface area (Å²) in [7, 11) is 0. The lowest BCUT2D eigenvalue weighted by Crippen LogP contribution is -1.93. The molecule has 6 heteroatoms. The highest BCUT2D eigenvalue weighted by Gasteiger charge is 2.09. The molecular weight excluding hydrogens is 238 g/mol. The van der Waals surface area contributed by atoms with Crippen LogP contribution in [0.4, 0.5) is 0 Å². The molecule has 2 aromatic heterocycles. The molecule has 0 aliphatic rings. The molecule has 0 amide bonds. The Morgan fingerprint density at radius 2 is 2.38 bits per heavy atom. The Kier molecular flexibility index (Phi) is 1.97. The average Bonchev–Trinajstić information content (AvgIpc) is 2.53. The van der Waals surface area contributed by atoms with Crippen LogP contribution in [0.1, 0.15) is 0 Å². The highest BCUT2D eigenvalue weighted by molar-refractivity contribution is 9.10. The Hall–Kier alpha value is -1.43. The predicted octanol–water partition coefficient (Wildman–Crippen LogP) is 1.19. The van der Waals surface area contributed by atoms with Gasteiger partial charge in [-0.1, -0.05) is 0 Å². The highest BCUT2D eigenvalue weighted by atomic mass is 79.9. The smallest absolute Gasteiger partial charge is 0.386 e. The first-order valence-electron chi connectivity index (χ1n) is 3.44. The third kappa shape index (κ3) is 1.52. The van der Waals surface area contributed by atoms with Crippen LogP contribution in [-0.2, 0) is 0 Å². The molecule has 0 saturated carbocycles. The van der Waals surface area contributed by atoms with Gasteiger partial charge in [-0.05, 0) is 28.1 Å². The van der Waals surface area contributed by atoms with E-state index in [0.717, 1.165) is 4.47 Å².